The molecular formula is C14H14FN3O2. The van der Waals surface area contributed by atoms with Gasteiger partial charge in [0.05, 0.1) is 11.7 Å². The van der Waals surface area contributed by atoms with Gasteiger partial charge in [0.25, 0.3) is 5.91 Å². The van der Waals surface area contributed by atoms with Crippen molar-refractivity contribution in [1.29, 1.82) is 0 Å². The standard InChI is InChI=1S/C14H14FN3O2/c1-9-8-12(20-17-9)11-5-3-7-18(11)14(19)10-4-2-6-13(15)16-10/h2,4,6,8,11H,3,5,7H2,1H3. The normalized spacial score (nSPS) is 18.5. The zero-order valence-electron chi connectivity index (χ0n) is 11.0. The molecule has 1 fully saturated rings. The van der Waals surface area contributed by atoms with E-state index in [2.05, 4.69) is 10.1 Å². The second-order valence-electron chi connectivity index (χ2n) is 4.87. The zero-order chi connectivity index (χ0) is 14.1. The third kappa shape index (κ3) is 2.29. The molecule has 0 saturated carbocycles. The van der Waals surface area contributed by atoms with Crippen LogP contribution in [0.1, 0.15) is 40.8 Å². The predicted molar refractivity (Wildman–Crippen MR) is 68.4 cm³/mol. The molecule has 2 aromatic rings. The minimum absolute atomic E-state index is 0.119. The lowest BCUT2D eigenvalue weighted by Gasteiger charge is -2.22. The fourth-order valence-electron chi connectivity index (χ4n) is 2.52. The maximum atomic E-state index is 13.1. The maximum Gasteiger partial charge on any atom is 0.273 e. The van der Waals surface area contributed by atoms with E-state index in [9.17, 15) is 9.18 Å². The molecule has 2 aromatic heterocycles. The second-order valence-corrected chi connectivity index (χ2v) is 4.87. The SMILES string of the molecule is Cc1cc(C2CCCN2C(=O)c2cccc(F)n2)on1. The number of likely N-dealkylation sites (tertiary alicyclic amines) is 1. The largest absolute Gasteiger partial charge is 0.359 e. The van der Waals surface area contributed by atoms with Crippen LogP contribution in [0.25, 0.3) is 0 Å². The summed E-state index contributed by atoms with van der Waals surface area (Å²) >= 11 is 0. The van der Waals surface area contributed by atoms with E-state index in [1.807, 2.05) is 13.0 Å². The quantitative estimate of drug-likeness (QED) is 0.790. The number of aromatic nitrogens is 2. The third-order valence-electron chi connectivity index (χ3n) is 3.42. The average molecular weight is 275 g/mol. The van der Waals surface area contributed by atoms with Crippen LogP contribution < -0.4 is 0 Å². The first-order chi connectivity index (χ1) is 9.65. The van der Waals surface area contributed by atoms with Gasteiger partial charge in [-0.05, 0) is 31.9 Å². The molecule has 1 amide bonds. The van der Waals surface area contributed by atoms with E-state index in [-0.39, 0.29) is 17.6 Å². The Morgan fingerprint density at radius 2 is 2.35 bits per heavy atom. The predicted octanol–water partition coefficient (Wildman–Crippen LogP) is 2.49. The maximum absolute atomic E-state index is 13.1. The van der Waals surface area contributed by atoms with Crippen molar-refractivity contribution >= 4 is 5.91 Å². The summed E-state index contributed by atoms with van der Waals surface area (Å²) in [5.74, 6) is -0.257. The first kappa shape index (κ1) is 12.8. The van der Waals surface area contributed by atoms with E-state index in [1.54, 1.807) is 4.90 Å². The topological polar surface area (TPSA) is 59.2 Å². The summed E-state index contributed by atoms with van der Waals surface area (Å²) in [5.41, 5.74) is 0.899. The van der Waals surface area contributed by atoms with Crippen LogP contribution in [0.5, 0.6) is 0 Å². The molecule has 1 aliphatic heterocycles. The fourth-order valence-corrected chi connectivity index (χ4v) is 2.52. The highest BCUT2D eigenvalue weighted by Gasteiger charge is 2.33. The van der Waals surface area contributed by atoms with Crippen molar-refractivity contribution in [2.45, 2.75) is 25.8 Å². The molecule has 1 saturated heterocycles. The summed E-state index contributed by atoms with van der Waals surface area (Å²) in [6.07, 6.45) is 1.70. The number of carbonyl (C=O) groups is 1. The summed E-state index contributed by atoms with van der Waals surface area (Å²) in [4.78, 5) is 17.7. The Morgan fingerprint density at radius 1 is 1.50 bits per heavy atom. The number of hydrogen-bond acceptors (Lipinski definition) is 4. The van der Waals surface area contributed by atoms with Gasteiger partial charge in [-0.1, -0.05) is 11.2 Å². The molecule has 1 unspecified atom stereocenters. The van der Waals surface area contributed by atoms with E-state index in [0.717, 1.165) is 18.5 Å². The van der Waals surface area contributed by atoms with Gasteiger partial charge < -0.3 is 9.42 Å². The Morgan fingerprint density at radius 3 is 3.05 bits per heavy atom. The van der Waals surface area contributed by atoms with Crippen LogP contribution in [0.4, 0.5) is 4.39 Å². The second kappa shape index (κ2) is 5.03. The molecule has 5 nitrogen and oxygen atoms in total. The summed E-state index contributed by atoms with van der Waals surface area (Å²) in [6, 6.07) is 5.91. The van der Waals surface area contributed by atoms with Gasteiger partial charge in [0.1, 0.15) is 5.69 Å². The molecule has 3 heterocycles. The molecule has 0 bridgehead atoms. The molecule has 1 aliphatic rings. The van der Waals surface area contributed by atoms with Crippen molar-refractivity contribution in [2.75, 3.05) is 6.54 Å². The number of rotatable bonds is 2. The number of pyridine rings is 1. The number of carbonyl (C=O) groups excluding carboxylic acids is 1. The van der Waals surface area contributed by atoms with Crippen LogP contribution in [-0.2, 0) is 0 Å². The van der Waals surface area contributed by atoms with Crippen molar-refractivity contribution in [2.24, 2.45) is 0 Å². The van der Waals surface area contributed by atoms with E-state index in [1.165, 1.54) is 18.2 Å². The molecule has 0 aromatic carbocycles. The van der Waals surface area contributed by atoms with E-state index in [4.69, 9.17) is 4.52 Å². The highest BCUT2D eigenvalue weighted by Crippen LogP contribution is 2.33. The molecule has 6 heteroatoms. The number of aryl methyl sites for hydroxylation is 1. The highest BCUT2D eigenvalue weighted by molar-refractivity contribution is 5.92. The van der Waals surface area contributed by atoms with E-state index < -0.39 is 5.95 Å². The Bertz CT molecular complexity index is 641. The third-order valence-corrected chi connectivity index (χ3v) is 3.42. The van der Waals surface area contributed by atoms with Crippen molar-refractivity contribution in [3.8, 4) is 0 Å². The van der Waals surface area contributed by atoms with Crippen LogP contribution in [0, 0.1) is 12.9 Å². The summed E-state index contributed by atoms with van der Waals surface area (Å²) in [6.45, 7) is 2.45. The van der Waals surface area contributed by atoms with Crippen LogP contribution in [0.2, 0.25) is 0 Å². The molecule has 104 valence electrons. The van der Waals surface area contributed by atoms with E-state index >= 15 is 0 Å². The summed E-state index contributed by atoms with van der Waals surface area (Å²) < 4.78 is 18.4. The van der Waals surface area contributed by atoms with Crippen LogP contribution in [-0.4, -0.2) is 27.5 Å². The van der Waals surface area contributed by atoms with Crippen molar-refractivity contribution in [1.82, 2.24) is 15.0 Å². The molecule has 0 spiro atoms. The van der Waals surface area contributed by atoms with Gasteiger partial charge in [0.2, 0.25) is 5.95 Å². The number of hydrogen-bond donors (Lipinski definition) is 0. The van der Waals surface area contributed by atoms with Gasteiger partial charge in [-0.3, -0.25) is 4.79 Å². The smallest absolute Gasteiger partial charge is 0.273 e. The Labute approximate surface area is 115 Å². The minimum Gasteiger partial charge on any atom is -0.359 e. The molecular weight excluding hydrogens is 261 g/mol. The lowest BCUT2D eigenvalue weighted by Crippen LogP contribution is -2.31. The average Bonchev–Trinajstić information content (AvgIpc) is 3.06. The molecule has 0 radical (unpaired) electrons. The van der Waals surface area contributed by atoms with Crippen molar-refractivity contribution in [3.63, 3.8) is 0 Å². The first-order valence-corrected chi connectivity index (χ1v) is 6.52. The van der Waals surface area contributed by atoms with Crippen LogP contribution >= 0.6 is 0 Å². The molecule has 20 heavy (non-hydrogen) atoms. The van der Waals surface area contributed by atoms with Crippen LogP contribution in [0.3, 0.4) is 0 Å². The fraction of sp³-hybridized carbons (Fsp3) is 0.357. The van der Waals surface area contributed by atoms with Gasteiger partial charge in [-0.2, -0.15) is 4.39 Å². The first-order valence-electron chi connectivity index (χ1n) is 6.52. The highest BCUT2D eigenvalue weighted by atomic mass is 19.1. The molecule has 0 aliphatic carbocycles. The number of amides is 1. The van der Waals surface area contributed by atoms with Gasteiger partial charge in [0.15, 0.2) is 5.76 Å². The van der Waals surface area contributed by atoms with Gasteiger partial charge in [-0.15, -0.1) is 0 Å². The lowest BCUT2D eigenvalue weighted by atomic mass is 10.1. The number of halogens is 1. The monoisotopic (exact) mass is 275 g/mol. The Hall–Kier alpha value is -2.24. The van der Waals surface area contributed by atoms with Crippen molar-refractivity contribution in [3.05, 3.63) is 47.4 Å². The lowest BCUT2D eigenvalue weighted by molar-refractivity contribution is 0.0707. The molecule has 1 atom stereocenters. The molecule has 3 rings (SSSR count). The summed E-state index contributed by atoms with van der Waals surface area (Å²) in [7, 11) is 0. The van der Waals surface area contributed by atoms with E-state index in [0.29, 0.717) is 12.3 Å². The van der Waals surface area contributed by atoms with Gasteiger partial charge in [-0.25, -0.2) is 4.98 Å². The zero-order valence-corrected chi connectivity index (χ0v) is 11.0. The van der Waals surface area contributed by atoms with Crippen molar-refractivity contribution < 1.29 is 13.7 Å². The molecule has 0 N–H and O–H groups in total. The summed E-state index contributed by atoms with van der Waals surface area (Å²) in [5, 5.41) is 3.85. The number of nitrogens with zero attached hydrogens (tertiary/aromatic N) is 3. The Kier molecular flexibility index (Phi) is 3.22. The van der Waals surface area contributed by atoms with Crippen LogP contribution in [0.15, 0.2) is 28.8 Å². The Balaban J connectivity index is 1.87. The van der Waals surface area contributed by atoms with Gasteiger partial charge in [0, 0.05) is 12.6 Å². The minimum atomic E-state index is -0.651. The van der Waals surface area contributed by atoms with Gasteiger partial charge >= 0.3 is 0 Å².